The third kappa shape index (κ3) is 13.2. The zero-order valence-corrected chi connectivity index (χ0v) is 47.0. The third-order valence-corrected chi connectivity index (χ3v) is 16.7. The Hall–Kier alpha value is -7.92. The van der Waals surface area contributed by atoms with Gasteiger partial charge in [-0.1, -0.05) is 36.4 Å². The van der Waals surface area contributed by atoms with E-state index in [0.29, 0.717) is 45.9 Å². The Labute approximate surface area is 455 Å². The van der Waals surface area contributed by atoms with Gasteiger partial charge < -0.3 is 18.9 Å². The molecule has 0 aliphatic heterocycles. The number of nitrogens with zero attached hydrogens (tertiary/aromatic N) is 12. The van der Waals surface area contributed by atoms with Crippen LogP contribution in [-0.4, -0.2) is 114 Å². The molecule has 6 heterocycles. The lowest BCUT2D eigenvalue weighted by molar-refractivity contribution is 0.0668. The van der Waals surface area contributed by atoms with Crippen LogP contribution in [0.25, 0.3) is 34.4 Å². The van der Waals surface area contributed by atoms with Gasteiger partial charge in [-0.3, -0.25) is 19.1 Å². The molecule has 0 bridgehead atoms. The molecule has 0 aliphatic rings. The number of aryl methyl sites for hydroxylation is 6. The molecule has 0 N–H and O–H groups in total. The normalized spacial score (nSPS) is 13.2. The minimum atomic E-state index is -3.87. The molecule has 0 saturated heterocycles. The van der Waals surface area contributed by atoms with Crippen molar-refractivity contribution in [2.24, 2.45) is 0 Å². The Morgan fingerprint density at radius 2 is 0.897 bits per heavy atom. The van der Waals surface area contributed by atoms with Crippen LogP contribution in [0.5, 0.6) is 11.5 Å². The van der Waals surface area contributed by atoms with Crippen molar-refractivity contribution in [3.05, 3.63) is 180 Å². The van der Waals surface area contributed by atoms with Crippen molar-refractivity contribution in [2.75, 3.05) is 27.4 Å². The molecule has 0 aliphatic carbocycles. The van der Waals surface area contributed by atoms with Crippen molar-refractivity contribution in [3.63, 3.8) is 0 Å². The number of pyridine rings is 2. The standard InChI is InChI=1S/2C28H32N6O4S/c2*1-7-13-38-26(27-30-15-19(3)16-31-27)21(5)39(35,36)17-24-32-33-28(22-14-18(2)11-12-29-22)34(24)25-20(4)9-8-10-23(25)37-6/h2*7-12,14-16,21,26H,1,13,17H2,2-6H3/t2*21-,26-/m10/s1. The molecule has 0 saturated carbocycles. The summed E-state index contributed by atoms with van der Waals surface area (Å²) in [6, 6.07) is 18.7. The van der Waals surface area contributed by atoms with E-state index in [1.165, 1.54) is 0 Å². The van der Waals surface area contributed by atoms with E-state index in [9.17, 15) is 16.8 Å². The molecular weight excluding hydrogens is 1030 g/mol. The SMILES string of the molecule is C=CCO[C@@H](c1ncc(C)cn1)[C@@H](C)S(=O)(=O)Cc1nnc(-c2cc(C)ccn2)n1-c1c(C)cccc1OC.C=CCO[C@H](c1ncc(C)cn1)[C@H](C)S(=O)(=O)Cc1nnc(-c2cc(C)ccn2)n1-c1c(C)cccc1OC. The second-order valence-corrected chi connectivity index (χ2v) is 23.3. The molecule has 0 amide bonds. The number of hydrogen-bond acceptors (Lipinski definition) is 18. The van der Waals surface area contributed by atoms with E-state index in [0.717, 1.165) is 33.4 Å². The number of ether oxygens (including phenoxy) is 4. The number of benzene rings is 2. The zero-order valence-electron chi connectivity index (χ0n) is 45.4. The van der Waals surface area contributed by atoms with Crippen LogP contribution in [0.2, 0.25) is 0 Å². The molecule has 22 heteroatoms. The first-order valence-corrected chi connectivity index (χ1v) is 28.2. The van der Waals surface area contributed by atoms with Crippen LogP contribution in [0, 0.1) is 41.5 Å². The number of sulfone groups is 2. The van der Waals surface area contributed by atoms with Gasteiger partial charge in [-0.25, -0.2) is 36.8 Å². The summed E-state index contributed by atoms with van der Waals surface area (Å²) in [7, 11) is -4.60. The highest BCUT2D eigenvalue weighted by Crippen LogP contribution is 2.36. The van der Waals surface area contributed by atoms with E-state index in [1.54, 1.807) is 86.5 Å². The van der Waals surface area contributed by atoms with Crippen LogP contribution in [-0.2, 0) is 40.7 Å². The summed E-state index contributed by atoms with van der Waals surface area (Å²) < 4.78 is 82.0. The second-order valence-electron chi connectivity index (χ2n) is 18.6. The summed E-state index contributed by atoms with van der Waals surface area (Å²) in [5.41, 5.74) is 7.79. The molecular formula is C56H64N12O8S2. The van der Waals surface area contributed by atoms with Crippen molar-refractivity contribution in [1.82, 2.24) is 59.4 Å². The number of hydrogen-bond donors (Lipinski definition) is 0. The fourth-order valence-electron chi connectivity index (χ4n) is 8.39. The fourth-order valence-corrected chi connectivity index (χ4v) is 11.2. The molecule has 8 rings (SSSR count). The average molecular weight is 1100 g/mol. The van der Waals surface area contributed by atoms with E-state index < -0.39 is 53.9 Å². The predicted molar refractivity (Wildman–Crippen MR) is 297 cm³/mol. The maximum Gasteiger partial charge on any atom is 0.187 e. The highest BCUT2D eigenvalue weighted by atomic mass is 32.2. The number of methoxy groups -OCH3 is 2. The first-order chi connectivity index (χ1) is 37.3. The summed E-state index contributed by atoms with van der Waals surface area (Å²) >= 11 is 0. The van der Waals surface area contributed by atoms with Gasteiger partial charge in [0.05, 0.1) is 49.3 Å². The molecule has 4 atom stereocenters. The van der Waals surface area contributed by atoms with Gasteiger partial charge in [-0.2, -0.15) is 0 Å². The molecule has 0 unspecified atom stereocenters. The van der Waals surface area contributed by atoms with Gasteiger partial charge in [0.15, 0.2) is 54.6 Å². The van der Waals surface area contributed by atoms with Crippen molar-refractivity contribution in [3.8, 4) is 45.9 Å². The quantitative estimate of drug-likeness (QED) is 0.0577. The Morgan fingerprint density at radius 3 is 1.23 bits per heavy atom. The molecule has 408 valence electrons. The van der Waals surface area contributed by atoms with E-state index in [-0.39, 0.29) is 36.5 Å². The van der Waals surface area contributed by atoms with E-state index >= 15 is 0 Å². The largest absolute Gasteiger partial charge is 0.495 e. The Morgan fingerprint density at radius 1 is 0.526 bits per heavy atom. The number of rotatable bonds is 22. The second kappa shape index (κ2) is 25.5. The monoisotopic (exact) mass is 1100 g/mol. The summed E-state index contributed by atoms with van der Waals surface area (Å²) in [5, 5.41) is 15.5. The van der Waals surface area contributed by atoms with Crippen molar-refractivity contribution >= 4 is 19.7 Å². The average Bonchev–Trinajstić information content (AvgIpc) is 4.17. The van der Waals surface area contributed by atoms with Crippen LogP contribution in [0.15, 0.2) is 123 Å². The first-order valence-electron chi connectivity index (χ1n) is 24.8. The molecule has 2 aromatic carbocycles. The zero-order chi connectivity index (χ0) is 56.3. The number of para-hydroxylation sites is 2. The maximum atomic E-state index is 13.9. The van der Waals surface area contributed by atoms with Crippen molar-refractivity contribution < 1.29 is 35.8 Å². The summed E-state index contributed by atoms with van der Waals surface area (Å²) in [4.78, 5) is 26.3. The molecule has 78 heavy (non-hydrogen) atoms. The van der Waals surface area contributed by atoms with Crippen LogP contribution < -0.4 is 9.47 Å². The summed E-state index contributed by atoms with van der Waals surface area (Å²) in [5.74, 6) is 2.10. The van der Waals surface area contributed by atoms with Crippen molar-refractivity contribution in [2.45, 2.75) is 89.6 Å². The minimum absolute atomic E-state index is 0.140. The molecule has 20 nitrogen and oxygen atoms in total. The topological polar surface area (TPSA) is 244 Å². The van der Waals surface area contributed by atoms with Gasteiger partial charge in [0.1, 0.15) is 46.6 Å². The lowest BCUT2D eigenvalue weighted by Gasteiger charge is -2.23. The van der Waals surface area contributed by atoms with Crippen LogP contribution in [0.1, 0.15) is 82.7 Å². The molecule has 0 spiro atoms. The van der Waals surface area contributed by atoms with Gasteiger partial charge >= 0.3 is 0 Å². The molecule has 0 fully saturated rings. The first kappa shape index (κ1) is 57.8. The van der Waals surface area contributed by atoms with Gasteiger partial charge in [-0.15, -0.1) is 33.6 Å². The Bertz CT molecular complexity index is 3370. The summed E-state index contributed by atoms with van der Waals surface area (Å²) in [6.45, 7) is 22.3. The molecule has 8 aromatic rings. The van der Waals surface area contributed by atoms with Gasteiger partial charge in [0.25, 0.3) is 0 Å². The smallest absolute Gasteiger partial charge is 0.187 e. The van der Waals surface area contributed by atoms with Gasteiger partial charge in [-0.05, 0) is 125 Å². The summed E-state index contributed by atoms with van der Waals surface area (Å²) in [6.07, 6.45) is 11.2. The lowest BCUT2D eigenvalue weighted by atomic mass is 10.1. The van der Waals surface area contributed by atoms with Crippen molar-refractivity contribution in [1.29, 1.82) is 0 Å². The highest BCUT2D eigenvalue weighted by molar-refractivity contribution is 7.91. The van der Waals surface area contributed by atoms with E-state index in [1.807, 2.05) is 102 Å². The minimum Gasteiger partial charge on any atom is -0.495 e. The van der Waals surface area contributed by atoms with Crippen LogP contribution >= 0.6 is 0 Å². The number of aromatic nitrogens is 12. The molecule has 0 radical (unpaired) electrons. The third-order valence-electron chi connectivity index (χ3n) is 12.6. The van der Waals surface area contributed by atoms with Gasteiger partial charge in [0.2, 0.25) is 0 Å². The highest BCUT2D eigenvalue weighted by Gasteiger charge is 2.37. The van der Waals surface area contributed by atoms with E-state index in [4.69, 9.17) is 18.9 Å². The predicted octanol–water partition coefficient (Wildman–Crippen LogP) is 8.60. The Kier molecular flexibility index (Phi) is 18.9. The van der Waals surface area contributed by atoms with Crippen LogP contribution in [0.3, 0.4) is 0 Å². The van der Waals surface area contributed by atoms with Crippen LogP contribution in [0.4, 0.5) is 0 Å². The van der Waals surface area contributed by atoms with Gasteiger partial charge in [0, 0.05) is 37.2 Å². The lowest BCUT2D eigenvalue weighted by Crippen LogP contribution is -2.31. The maximum absolute atomic E-state index is 13.9. The van der Waals surface area contributed by atoms with E-state index in [2.05, 4.69) is 63.5 Å². The fraction of sp³-hybridized carbons (Fsp3) is 0.321. The molecule has 6 aromatic heterocycles. The Balaban J connectivity index is 0.000000226.